The monoisotopic (exact) mass is 573 g/mol. The van der Waals surface area contributed by atoms with Crippen LogP contribution in [0.15, 0.2) is 0 Å². The van der Waals surface area contributed by atoms with Crippen molar-refractivity contribution in [3.8, 4) is 0 Å². The third kappa shape index (κ3) is 6.81. The first kappa shape index (κ1) is 32.8. The van der Waals surface area contributed by atoms with E-state index in [0.717, 1.165) is 0 Å². The first-order valence-electron chi connectivity index (χ1n) is 10.5. The van der Waals surface area contributed by atoms with Gasteiger partial charge in [0.15, 0.2) is 0 Å². The minimum Gasteiger partial charge on any atom is -0.354 e. The number of nitrogens with one attached hydrogen (secondary N) is 1. The zero-order valence-electron chi connectivity index (χ0n) is 19.0. The zero-order valence-corrected chi connectivity index (χ0v) is 19.0. The number of anilines is 1. The lowest BCUT2D eigenvalue weighted by molar-refractivity contribution is -0.364. The molecule has 1 N–H and O–H groups in total. The lowest BCUT2D eigenvalue weighted by Crippen LogP contribution is -2.52. The summed E-state index contributed by atoms with van der Waals surface area (Å²) < 4.78 is 185. The molecule has 0 aromatic carbocycles. The van der Waals surface area contributed by atoms with Crippen molar-refractivity contribution in [2.75, 3.05) is 31.5 Å². The van der Waals surface area contributed by atoms with Crippen molar-refractivity contribution in [3.05, 3.63) is 11.6 Å². The molecule has 0 radical (unpaired) electrons. The summed E-state index contributed by atoms with van der Waals surface area (Å²) in [4.78, 5) is 8.78. The van der Waals surface area contributed by atoms with Gasteiger partial charge >= 0.3 is 36.0 Å². The molecule has 1 aromatic heterocycles. The van der Waals surface area contributed by atoms with Gasteiger partial charge < -0.3 is 10.2 Å². The number of aromatic nitrogens is 3. The highest BCUT2D eigenvalue weighted by Gasteiger charge is 2.77. The third-order valence-corrected chi connectivity index (χ3v) is 5.03. The van der Waals surface area contributed by atoms with Gasteiger partial charge in [-0.2, -0.15) is 71.4 Å². The standard InChI is InChI=1S/C18H21F14N5/c1-3-37(4-2)9-7-5-6-8-33-12-35-10(13(19,20)15(23,24)17(27,28)29)34-11(36-12)14(21,22)16(25,26)18(30,31)32/h3-9H2,1-2H3,(H,33,34,35,36). The molecule has 0 saturated carbocycles. The average Bonchev–Trinajstić information content (AvgIpc) is 2.76. The normalized spacial score (nSPS) is 14.4. The van der Waals surface area contributed by atoms with E-state index in [-0.39, 0.29) is 6.42 Å². The number of rotatable bonds is 13. The first-order chi connectivity index (χ1) is 16.6. The van der Waals surface area contributed by atoms with Gasteiger partial charge in [-0.05, 0) is 32.5 Å². The Labute approximate surface area is 200 Å². The second kappa shape index (κ2) is 11.3. The molecule has 0 aliphatic rings. The lowest BCUT2D eigenvalue weighted by Gasteiger charge is -2.29. The molecule has 19 heteroatoms. The van der Waals surface area contributed by atoms with E-state index in [4.69, 9.17) is 0 Å². The molecule has 37 heavy (non-hydrogen) atoms. The minimum absolute atomic E-state index is 0.0851. The van der Waals surface area contributed by atoms with Gasteiger partial charge in [-0.25, -0.2) is 4.98 Å². The Kier molecular flexibility index (Phi) is 9.99. The van der Waals surface area contributed by atoms with Crippen LogP contribution in [0, 0.1) is 0 Å². The van der Waals surface area contributed by atoms with Gasteiger partial charge in [0.05, 0.1) is 0 Å². The third-order valence-electron chi connectivity index (χ3n) is 5.03. The summed E-state index contributed by atoms with van der Waals surface area (Å²) in [5, 5.41) is 1.87. The van der Waals surface area contributed by atoms with Crippen molar-refractivity contribution in [1.82, 2.24) is 19.9 Å². The molecular formula is C18H21F14N5. The molecule has 0 aliphatic heterocycles. The van der Waals surface area contributed by atoms with E-state index in [0.29, 0.717) is 32.5 Å². The van der Waals surface area contributed by atoms with Crippen LogP contribution in [-0.4, -0.2) is 70.2 Å². The highest BCUT2D eigenvalue weighted by Crippen LogP contribution is 2.53. The molecule has 0 unspecified atom stereocenters. The maximum atomic E-state index is 14.0. The Hall–Kier alpha value is -2.21. The number of hydrogen-bond donors (Lipinski definition) is 1. The van der Waals surface area contributed by atoms with E-state index >= 15 is 0 Å². The molecule has 0 bridgehead atoms. The topological polar surface area (TPSA) is 53.9 Å². The fraction of sp³-hybridized carbons (Fsp3) is 0.833. The van der Waals surface area contributed by atoms with Crippen LogP contribution in [0.2, 0.25) is 0 Å². The minimum atomic E-state index is -7.03. The largest absolute Gasteiger partial charge is 0.460 e. The Morgan fingerprint density at radius 3 is 1.35 bits per heavy atom. The molecule has 0 fully saturated rings. The molecule has 0 atom stereocenters. The van der Waals surface area contributed by atoms with E-state index in [9.17, 15) is 61.5 Å². The van der Waals surface area contributed by atoms with E-state index in [1.807, 2.05) is 24.1 Å². The SMILES string of the molecule is CCN(CC)CCCCCNc1nc(C(F)(F)C(F)(F)C(F)(F)F)nc(C(F)(F)C(F)(F)C(F)(F)F)n1. The molecule has 1 heterocycles. The summed E-state index contributed by atoms with van der Waals surface area (Å²) in [7, 11) is 0. The van der Waals surface area contributed by atoms with E-state index < -0.39 is 60.2 Å². The van der Waals surface area contributed by atoms with E-state index in [1.165, 1.54) is 0 Å². The van der Waals surface area contributed by atoms with Crippen molar-refractivity contribution < 1.29 is 61.5 Å². The van der Waals surface area contributed by atoms with Gasteiger partial charge in [0.25, 0.3) is 0 Å². The van der Waals surface area contributed by atoms with E-state index in [2.05, 4.69) is 9.97 Å². The number of alkyl halides is 14. The number of nitrogens with zero attached hydrogens (tertiary/aromatic N) is 4. The fourth-order valence-corrected chi connectivity index (χ4v) is 2.75. The van der Waals surface area contributed by atoms with Gasteiger partial charge in [-0.15, -0.1) is 0 Å². The predicted octanol–water partition coefficient (Wildman–Crippen LogP) is 6.37. The highest BCUT2D eigenvalue weighted by atomic mass is 19.4. The molecule has 5 nitrogen and oxygen atoms in total. The second-order valence-corrected chi connectivity index (χ2v) is 7.61. The quantitative estimate of drug-likeness (QED) is 0.220. The van der Waals surface area contributed by atoms with Crippen molar-refractivity contribution >= 4 is 5.95 Å². The summed E-state index contributed by atoms with van der Waals surface area (Å²) in [6, 6.07) is 0. The van der Waals surface area contributed by atoms with Gasteiger partial charge in [0.2, 0.25) is 17.6 Å². The van der Waals surface area contributed by atoms with Crippen LogP contribution in [0.25, 0.3) is 0 Å². The molecule has 0 aliphatic carbocycles. The van der Waals surface area contributed by atoms with Crippen molar-refractivity contribution in [2.45, 2.75) is 69.2 Å². The van der Waals surface area contributed by atoms with Gasteiger partial charge in [-0.1, -0.05) is 20.3 Å². The lowest BCUT2D eigenvalue weighted by atomic mass is 10.1. The second-order valence-electron chi connectivity index (χ2n) is 7.61. The summed E-state index contributed by atoms with van der Waals surface area (Å²) in [5.41, 5.74) is 0. The van der Waals surface area contributed by atoms with Crippen molar-refractivity contribution in [2.24, 2.45) is 0 Å². The number of halogens is 14. The Morgan fingerprint density at radius 1 is 0.595 bits per heavy atom. The average molecular weight is 573 g/mol. The molecule has 1 rings (SSSR count). The van der Waals surface area contributed by atoms with Crippen LogP contribution in [0.1, 0.15) is 44.8 Å². The van der Waals surface area contributed by atoms with Crippen LogP contribution < -0.4 is 5.32 Å². The van der Waals surface area contributed by atoms with E-state index in [1.54, 1.807) is 4.98 Å². The van der Waals surface area contributed by atoms with Crippen LogP contribution in [0.5, 0.6) is 0 Å². The van der Waals surface area contributed by atoms with Crippen LogP contribution in [-0.2, 0) is 11.8 Å². The predicted molar refractivity (Wildman–Crippen MR) is 99.7 cm³/mol. The van der Waals surface area contributed by atoms with Crippen LogP contribution in [0.3, 0.4) is 0 Å². The molecule has 0 spiro atoms. The summed E-state index contributed by atoms with van der Waals surface area (Å²) >= 11 is 0. The summed E-state index contributed by atoms with van der Waals surface area (Å²) in [6.45, 7) is 5.33. The maximum Gasteiger partial charge on any atom is 0.460 e. The Morgan fingerprint density at radius 2 is 1.00 bits per heavy atom. The molecule has 0 amide bonds. The van der Waals surface area contributed by atoms with Crippen LogP contribution >= 0.6 is 0 Å². The highest BCUT2D eigenvalue weighted by molar-refractivity contribution is 5.28. The Balaban J connectivity index is 3.40. The number of hydrogen-bond acceptors (Lipinski definition) is 5. The van der Waals surface area contributed by atoms with Crippen molar-refractivity contribution in [3.63, 3.8) is 0 Å². The first-order valence-corrected chi connectivity index (χ1v) is 10.5. The van der Waals surface area contributed by atoms with Gasteiger partial charge in [0.1, 0.15) is 0 Å². The summed E-state index contributed by atoms with van der Waals surface area (Å²) in [5.74, 6) is -35.0. The smallest absolute Gasteiger partial charge is 0.354 e. The molecular weight excluding hydrogens is 552 g/mol. The maximum absolute atomic E-state index is 14.0. The Bertz CT molecular complexity index is 824. The fourth-order valence-electron chi connectivity index (χ4n) is 2.75. The molecule has 0 saturated heterocycles. The van der Waals surface area contributed by atoms with Crippen LogP contribution in [0.4, 0.5) is 67.4 Å². The molecule has 216 valence electrons. The van der Waals surface area contributed by atoms with Gasteiger partial charge in [0, 0.05) is 6.54 Å². The van der Waals surface area contributed by atoms with Gasteiger partial charge in [-0.3, -0.25) is 0 Å². The summed E-state index contributed by atoms with van der Waals surface area (Å²) in [6.07, 6.45) is -13.0. The zero-order chi connectivity index (χ0) is 29.1. The van der Waals surface area contributed by atoms with Crippen molar-refractivity contribution in [1.29, 1.82) is 0 Å². The number of unbranched alkanes of at least 4 members (excludes halogenated alkanes) is 2. The molecule has 1 aromatic rings.